The molecule has 1 fully saturated rings. The summed E-state index contributed by atoms with van der Waals surface area (Å²) < 4.78 is 11.2. The zero-order chi connectivity index (χ0) is 25.4. The van der Waals surface area contributed by atoms with Gasteiger partial charge in [-0.25, -0.2) is 4.79 Å². The maximum Gasteiger partial charge on any atom is 0.411 e. The van der Waals surface area contributed by atoms with Crippen LogP contribution in [0.2, 0.25) is 0 Å². The van der Waals surface area contributed by atoms with Gasteiger partial charge in [0, 0.05) is 29.8 Å². The minimum atomic E-state index is -0.824. The Balaban J connectivity index is 1.85. The number of rotatable bonds is 9. The van der Waals surface area contributed by atoms with Crippen molar-refractivity contribution >= 4 is 23.6 Å². The Hall–Kier alpha value is -3.59. The molecule has 1 atom stereocenters. The van der Waals surface area contributed by atoms with Gasteiger partial charge in [-0.1, -0.05) is 37.3 Å². The standard InChI is InChI=1S/C26H34N4O5/c1-3-18-8-10-19(11-9-18)29-25(33)35-17-26(12-14-30(15-13-26)22(31)16-27)23(24(28)32)20-6-4-5-7-21(20)34-2/h4-11,23H,3,12-17,27H2,1-2H3,(H2,28,32)(H,29,33). The highest BCUT2D eigenvalue weighted by Gasteiger charge is 2.47. The van der Waals surface area contributed by atoms with Crippen LogP contribution >= 0.6 is 0 Å². The largest absolute Gasteiger partial charge is 0.496 e. The SMILES string of the molecule is CCc1ccc(NC(=O)OCC2(C(C(N)=O)c3ccccc3OC)CCN(C(=O)CN)CC2)cc1. The Morgan fingerprint density at radius 2 is 1.74 bits per heavy atom. The van der Waals surface area contributed by atoms with Crippen molar-refractivity contribution in [3.63, 3.8) is 0 Å². The molecule has 1 aliphatic heterocycles. The minimum Gasteiger partial charge on any atom is -0.496 e. The second kappa shape index (κ2) is 11.7. The molecular weight excluding hydrogens is 448 g/mol. The van der Waals surface area contributed by atoms with Gasteiger partial charge in [-0.3, -0.25) is 14.9 Å². The van der Waals surface area contributed by atoms with Gasteiger partial charge in [-0.15, -0.1) is 0 Å². The highest BCUT2D eigenvalue weighted by atomic mass is 16.5. The number of carbonyl (C=O) groups is 3. The number of piperidine rings is 1. The van der Waals surface area contributed by atoms with Crippen LogP contribution in [-0.4, -0.2) is 56.2 Å². The van der Waals surface area contributed by atoms with Crippen LogP contribution in [-0.2, 0) is 20.7 Å². The second-order valence-electron chi connectivity index (χ2n) is 8.78. The van der Waals surface area contributed by atoms with E-state index < -0.39 is 23.3 Å². The number of aryl methyl sites for hydroxylation is 1. The first-order valence-electron chi connectivity index (χ1n) is 11.8. The number of anilines is 1. The lowest BCUT2D eigenvalue weighted by atomic mass is 9.66. The van der Waals surface area contributed by atoms with Gasteiger partial charge in [-0.05, 0) is 43.0 Å². The van der Waals surface area contributed by atoms with E-state index in [1.165, 1.54) is 7.11 Å². The van der Waals surface area contributed by atoms with E-state index in [-0.39, 0.29) is 19.1 Å². The molecule has 0 radical (unpaired) electrons. The first kappa shape index (κ1) is 26.0. The molecule has 35 heavy (non-hydrogen) atoms. The number of benzene rings is 2. The molecule has 0 aliphatic carbocycles. The normalized spacial score (nSPS) is 15.7. The van der Waals surface area contributed by atoms with E-state index in [4.69, 9.17) is 20.9 Å². The van der Waals surface area contributed by atoms with Crippen LogP contribution in [0.3, 0.4) is 0 Å². The number of methoxy groups -OCH3 is 1. The van der Waals surface area contributed by atoms with Crippen molar-refractivity contribution in [3.8, 4) is 5.75 Å². The fourth-order valence-corrected chi connectivity index (χ4v) is 4.72. The van der Waals surface area contributed by atoms with Crippen molar-refractivity contribution in [2.75, 3.05) is 38.7 Å². The monoisotopic (exact) mass is 482 g/mol. The number of nitrogens with one attached hydrogen (secondary N) is 1. The molecule has 1 unspecified atom stereocenters. The summed E-state index contributed by atoms with van der Waals surface area (Å²) in [5.41, 5.74) is 13.0. The number of likely N-dealkylation sites (tertiary alicyclic amines) is 1. The van der Waals surface area contributed by atoms with E-state index in [0.717, 1.165) is 12.0 Å². The quantitative estimate of drug-likeness (QED) is 0.502. The summed E-state index contributed by atoms with van der Waals surface area (Å²) >= 11 is 0. The summed E-state index contributed by atoms with van der Waals surface area (Å²) in [5, 5.41) is 2.73. The maximum atomic E-state index is 12.9. The van der Waals surface area contributed by atoms with E-state index >= 15 is 0 Å². The zero-order valence-electron chi connectivity index (χ0n) is 20.3. The third kappa shape index (κ3) is 6.10. The summed E-state index contributed by atoms with van der Waals surface area (Å²) in [6.07, 6.45) is 1.08. The molecular formula is C26H34N4O5. The molecule has 5 N–H and O–H groups in total. The first-order valence-corrected chi connectivity index (χ1v) is 11.8. The predicted molar refractivity (Wildman–Crippen MR) is 133 cm³/mol. The van der Waals surface area contributed by atoms with Crippen molar-refractivity contribution in [2.45, 2.75) is 32.1 Å². The minimum absolute atomic E-state index is 0.0534. The van der Waals surface area contributed by atoms with Gasteiger partial charge in [0.1, 0.15) is 12.4 Å². The number of nitrogens with two attached hydrogens (primary N) is 2. The Kier molecular flexibility index (Phi) is 8.70. The summed E-state index contributed by atoms with van der Waals surface area (Å²) in [6, 6.07) is 14.7. The van der Waals surface area contributed by atoms with E-state index in [1.54, 1.807) is 17.0 Å². The van der Waals surface area contributed by atoms with Gasteiger partial charge in [-0.2, -0.15) is 0 Å². The van der Waals surface area contributed by atoms with Crippen LogP contribution in [0.25, 0.3) is 0 Å². The summed E-state index contributed by atoms with van der Waals surface area (Å²) in [7, 11) is 1.53. The first-order chi connectivity index (χ1) is 16.8. The molecule has 3 amide bonds. The van der Waals surface area contributed by atoms with E-state index in [0.29, 0.717) is 42.9 Å². The predicted octanol–water partition coefficient (Wildman–Crippen LogP) is 2.64. The van der Waals surface area contributed by atoms with Gasteiger partial charge < -0.3 is 25.8 Å². The lowest BCUT2D eigenvalue weighted by Gasteiger charge is -2.45. The molecule has 2 aromatic rings. The topological polar surface area (TPSA) is 137 Å². The number of hydrogen-bond donors (Lipinski definition) is 3. The fraction of sp³-hybridized carbons (Fsp3) is 0.423. The molecule has 0 aromatic heterocycles. The number of ether oxygens (including phenoxy) is 2. The molecule has 1 aliphatic rings. The Morgan fingerprint density at radius 3 is 2.31 bits per heavy atom. The fourth-order valence-electron chi connectivity index (χ4n) is 4.72. The van der Waals surface area contributed by atoms with Crippen LogP contribution in [0.5, 0.6) is 5.75 Å². The average molecular weight is 483 g/mol. The lowest BCUT2D eigenvalue weighted by Crippen LogP contribution is -2.51. The molecule has 2 aromatic carbocycles. The Morgan fingerprint density at radius 1 is 1.09 bits per heavy atom. The number of para-hydroxylation sites is 1. The highest BCUT2D eigenvalue weighted by molar-refractivity contribution is 5.86. The molecule has 9 nitrogen and oxygen atoms in total. The Bertz CT molecular complexity index is 1030. The molecule has 1 heterocycles. The molecule has 1 saturated heterocycles. The molecule has 188 valence electrons. The highest BCUT2D eigenvalue weighted by Crippen LogP contribution is 2.47. The molecule has 0 spiro atoms. The summed E-state index contributed by atoms with van der Waals surface area (Å²) in [6.45, 7) is 2.66. The molecule has 3 rings (SSSR count). The van der Waals surface area contributed by atoms with Gasteiger partial charge in [0.25, 0.3) is 0 Å². The third-order valence-corrected chi connectivity index (χ3v) is 6.73. The second-order valence-corrected chi connectivity index (χ2v) is 8.78. The van der Waals surface area contributed by atoms with Crippen molar-refractivity contribution in [1.29, 1.82) is 0 Å². The number of nitrogens with zero attached hydrogens (tertiary/aromatic N) is 1. The number of carbonyl (C=O) groups excluding carboxylic acids is 3. The molecule has 0 saturated carbocycles. The van der Waals surface area contributed by atoms with Gasteiger partial charge in [0.2, 0.25) is 11.8 Å². The zero-order valence-corrected chi connectivity index (χ0v) is 20.3. The van der Waals surface area contributed by atoms with Crippen LogP contribution in [0.1, 0.15) is 36.8 Å². The van der Waals surface area contributed by atoms with Crippen molar-refractivity contribution in [2.24, 2.45) is 16.9 Å². The van der Waals surface area contributed by atoms with Crippen LogP contribution in [0.4, 0.5) is 10.5 Å². The lowest BCUT2D eigenvalue weighted by molar-refractivity contribution is -0.134. The number of primary amides is 1. The van der Waals surface area contributed by atoms with Gasteiger partial charge >= 0.3 is 6.09 Å². The summed E-state index contributed by atoms with van der Waals surface area (Å²) in [5.74, 6) is -0.977. The van der Waals surface area contributed by atoms with Crippen LogP contribution < -0.4 is 21.5 Å². The smallest absolute Gasteiger partial charge is 0.411 e. The molecule has 0 bridgehead atoms. The Labute approximate surface area is 205 Å². The van der Waals surface area contributed by atoms with Crippen molar-refractivity contribution < 1.29 is 23.9 Å². The molecule has 9 heteroatoms. The summed E-state index contributed by atoms with van der Waals surface area (Å²) in [4.78, 5) is 39.3. The van der Waals surface area contributed by atoms with Crippen molar-refractivity contribution in [1.82, 2.24) is 4.90 Å². The third-order valence-electron chi connectivity index (χ3n) is 6.73. The van der Waals surface area contributed by atoms with E-state index in [1.807, 2.05) is 36.4 Å². The van der Waals surface area contributed by atoms with Crippen LogP contribution in [0, 0.1) is 5.41 Å². The average Bonchev–Trinajstić information content (AvgIpc) is 2.88. The van der Waals surface area contributed by atoms with Gasteiger partial charge in [0.15, 0.2) is 0 Å². The van der Waals surface area contributed by atoms with Crippen molar-refractivity contribution in [3.05, 3.63) is 59.7 Å². The van der Waals surface area contributed by atoms with Crippen LogP contribution in [0.15, 0.2) is 48.5 Å². The number of hydrogen-bond acceptors (Lipinski definition) is 6. The van der Waals surface area contributed by atoms with E-state index in [2.05, 4.69) is 12.2 Å². The van der Waals surface area contributed by atoms with E-state index in [9.17, 15) is 14.4 Å². The number of amides is 3. The van der Waals surface area contributed by atoms with Gasteiger partial charge in [0.05, 0.1) is 19.6 Å². The maximum absolute atomic E-state index is 12.9.